The van der Waals surface area contributed by atoms with E-state index in [2.05, 4.69) is 10.1 Å². The number of likely N-dealkylation sites (tertiary alicyclic amines) is 1. The minimum absolute atomic E-state index is 0.0949. The summed E-state index contributed by atoms with van der Waals surface area (Å²) in [4.78, 5) is 42.8. The fourth-order valence-corrected chi connectivity index (χ4v) is 3.82. The number of imide groups is 1. The standard InChI is InChI=1S/C20H18ClN3O5/c1-11(24-18(25)14-7-2-3-8-15(14)19(24)26)20(27)28-10-16-22-17(23-29-16)12-5-4-6-13(21)9-12/h2-6,9,11,14-15H,7-8,10H2,1H3/t11-,14-,15-/m0/s1. The second kappa shape index (κ2) is 7.79. The number of ether oxygens (including phenoxy) is 1. The molecular weight excluding hydrogens is 398 g/mol. The van der Waals surface area contributed by atoms with Crippen molar-refractivity contribution in [1.29, 1.82) is 0 Å². The van der Waals surface area contributed by atoms with Crippen LogP contribution in [0, 0.1) is 11.8 Å². The highest BCUT2D eigenvalue weighted by Crippen LogP contribution is 2.36. The van der Waals surface area contributed by atoms with E-state index in [1.54, 1.807) is 24.3 Å². The zero-order valence-corrected chi connectivity index (χ0v) is 16.3. The maximum Gasteiger partial charge on any atom is 0.329 e. The average Bonchev–Trinajstić information content (AvgIpc) is 3.29. The van der Waals surface area contributed by atoms with Crippen LogP contribution in [0.25, 0.3) is 11.4 Å². The second-order valence-electron chi connectivity index (χ2n) is 7.01. The highest BCUT2D eigenvalue weighted by Gasteiger charge is 2.50. The Hall–Kier alpha value is -3.00. The first-order chi connectivity index (χ1) is 14.0. The van der Waals surface area contributed by atoms with Crippen LogP contribution in [0.1, 0.15) is 25.7 Å². The molecular formula is C20H18ClN3O5. The van der Waals surface area contributed by atoms with Gasteiger partial charge in [0.05, 0.1) is 11.8 Å². The summed E-state index contributed by atoms with van der Waals surface area (Å²) in [5.74, 6) is -1.73. The zero-order chi connectivity index (χ0) is 20.5. The molecule has 3 atom stereocenters. The predicted octanol–water partition coefficient (Wildman–Crippen LogP) is 2.77. The number of halogens is 1. The summed E-state index contributed by atoms with van der Waals surface area (Å²) in [6.07, 6.45) is 4.82. The van der Waals surface area contributed by atoms with E-state index < -0.39 is 12.0 Å². The van der Waals surface area contributed by atoms with Crippen LogP contribution in [0.5, 0.6) is 0 Å². The number of hydrogen-bond donors (Lipinski definition) is 0. The molecule has 0 saturated carbocycles. The third-order valence-corrected chi connectivity index (χ3v) is 5.39. The molecule has 0 bridgehead atoms. The first kappa shape index (κ1) is 19.3. The number of carbonyl (C=O) groups is 3. The fourth-order valence-electron chi connectivity index (χ4n) is 3.62. The fraction of sp³-hybridized carbons (Fsp3) is 0.350. The van der Waals surface area contributed by atoms with Gasteiger partial charge in [0.1, 0.15) is 6.04 Å². The van der Waals surface area contributed by atoms with Crippen molar-refractivity contribution >= 4 is 29.4 Å². The molecule has 150 valence electrons. The largest absolute Gasteiger partial charge is 0.454 e. The van der Waals surface area contributed by atoms with Gasteiger partial charge in [0.15, 0.2) is 6.61 Å². The van der Waals surface area contributed by atoms with Crippen LogP contribution in [-0.2, 0) is 25.7 Å². The van der Waals surface area contributed by atoms with E-state index in [4.69, 9.17) is 20.9 Å². The summed E-state index contributed by atoms with van der Waals surface area (Å²) in [7, 11) is 0. The van der Waals surface area contributed by atoms with E-state index in [0.717, 1.165) is 4.90 Å². The molecule has 2 heterocycles. The third-order valence-electron chi connectivity index (χ3n) is 5.16. The molecule has 2 aliphatic rings. The highest BCUT2D eigenvalue weighted by atomic mass is 35.5. The summed E-state index contributed by atoms with van der Waals surface area (Å²) in [5, 5.41) is 4.37. The number of benzene rings is 1. The van der Waals surface area contributed by atoms with Crippen molar-refractivity contribution in [3.05, 3.63) is 47.3 Å². The molecule has 1 aromatic carbocycles. The molecule has 1 saturated heterocycles. The molecule has 0 N–H and O–H groups in total. The quantitative estimate of drug-likeness (QED) is 0.420. The molecule has 1 aliphatic heterocycles. The van der Waals surface area contributed by atoms with E-state index in [-0.39, 0.29) is 36.1 Å². The number of hydrogen-bond acceptors (Lipinski definition) is 7. The van der Waals surface area contributed by atoms with Crippen LogP contribution in [-0.4, -0.2) is 38.9 Å². The summed E-state index contributed by atoms with van der Waals surface area (Å²) in [5.41, 5.74) is 0.664. The molecule has 2 aromatic rings. The Morgan fingerprint density at radius 1 is 1.28 bits per heavy atom. The molecule has 8 nitrogen and oxygen atoms in total. The predicted molar refractivity (Wildman–Crippen MR) is 101 cm³/mol. The number of amides is 2. The molecule has 9 heteroatoms. The number of rotatable bonds is 5. The lowest BCUT2D eigenvalue weighted by Crippen LogP contribution is -2.44. The van der Waals surface area contributed by atoms with Gasteiger partial charge in [0.25, 0.3) is 5.89 Å². The van der Waals surface area contributed by atoms with Crippen molar-refractivity contribution in [3.63, 3.8) is 0 Å². The first-order valence-corrected chi connectivity index (χ1v) is 9.60. The minimum Gasteiger partial charge on any atom is -0.454 e. The summed E-state index contributed by atoms with van der Waals surface area (Å²) < 4.78 is 10.3. The number of fused-ring (bicyclic) bond motifs is 1. The second-order valence-corrected chi connectivity index (χ2v) is 7.44. The summed E-state index contributed by atoms with van der Waals surface area (Å²) >= 11 is 5.95. The van der Waals surface area contributed by atoms with Crippen molar-refractivity contribution in [2.45, 2.75) is 32.4 Å². The summed E-state index contributed by atoms with van der Waals surface area (Å²) in [6, 6.07) is 5.92. The number of esters is 1. The molecule has 2 amide bonds. The van der Waals surface area contributed by atoms with E-state index in [1.807, 2.05) is 12.2 Å². The maximum atomic E-state index is 12.6. The molecule has 1 aliphatic carbocycles. The van der Waals surface area contributed by atoms with Gasteiger partial charge in [-0.3, -0.25) is 14.5 Å². The number of nitrogens with zero attached hydrogens (tertiary/aromatic N) is 3. The Labute approximate surface area is 171 Å². The van der Waals surface area contributed by atoms with Crippen LogP contribution >= 0.6 is 11.6 Å². The van der Waals surface area contributed by atoms with Gasteiger partial charge in [-0.15, -0.1) is 0 Å². The smallest absolute Gasteiger partial charge is 0.329 e. The topological polar surface area (TPSA) is 103 Å². The van der Waals surface area contributed by atoms with Crippen LogP contribution in [0.2, 0.25) is 5.02 Å². The lowest BCUT2D eigenvalue weighted by atomic mass is 9.85. The number of allylic oxidation sites excluding steroid dienone is 2. The van der Waals surface area contributed by atoms with Gasteiger partial charge in [0, 0.05) is 10.6 Å². The lowest BCUT2D eigenvalue weighted by molar-refractivity contribution is -0.159. The van der Waals surface area contributed by atoms with E-state index in [9.17, 15) is 14.4 Å². The van der Waals surface area contributed by atoms with Gasteiger partial charge in [-0.05, 0) is 31.9 Å². The van der Waals surface area contributed by atoms with Crippen LogP contribution < -0.4 is 0 Å². The van der Waals surface area contributed by atoms with Crippen LogP contribution in [0.4, 0.5) is 0 Å². The third kappa shape index (κ3) is 3.67. The van der Waals surface area contributed by atoms with Gasteiger partial charge < -0.3 is 9.26 Å². The van der Waals surface area contributed by atoms with Crippen molar-refractivity contribution in [3.8, 4) is 11.4 Å². The number of aromatic nitrogens is 2. The highest BCUT2D eigenvalue weighted by molar-refractivity contribution is 6.30. The molecule has 4 rings (SSSR count). The maximum absolute atomic E-state index is 12.6. The molecule has 0 unspecified atom stereocenters. The molecule has 0 radical (unpaired) electrons. The van der Waals surface area contributed by atoms with Gasteiger partial charge >= 0.3 is 5.97 Å². The van der Waals surface area contributed by atoms with Crippen LogP contribution in [0.3, 0.4) is 0 Å². The lowest BCUT2D eigenvalue weighted by Gasteiger charge is -2.21. The van der Waals surface area contributed by atoms with Gasteiger partial charge in [-0.2, -0.15) is 4.98 Å². The van der Waals surface area contributed by atoms with E-state index in [0.29, 0.717) is 29.3 Å². The van der Waals surface area contributed by atoms with Crippen molar-refractivity contribution in [2.24, 2.45) is 11.8 Å². The van der Waals surface area contributed by atoms with Crippen molar-refractivity contribution in [2.75, 3.05) is 0 Å². The Bertz CT molecular complexity index is 976. The summed E-state index contributed by atoms with van der Waals surface area (Å²) in [6.45, 7) is 1.22. The Morgan fingerprint density at radius 2 is 1.97 bits per heavy atom. The average molecular weight is 416 g/mol. The van der Waals surface area contributed by atoms with Crippen LogP contribution in [0.15, 0.2) is 40.9 Å². The zero-order valence-electron chi connectivity index (χ0n) is 15.6. The normalized spacial score (nSPS) is 21.9. The Morgan fingerprint density at radius 3 is 2.62 bits per heavy atom. The van der Waals surface area contributed by atoms with Gasteiger partial charge in [-0.1, -0.05) is 41.0 Å². The minimum atomic E-state index is -1.02. The Kier molecular flexibility index (Phi) is 5.19. The Balaban J connectivity index is 1.39. The molecule has 29 heavy (non-hydrogen) atoms. The number of carbonyl (C=O) groups excluding carboxylic acids is 3. The molecule has 1 fully saturated rings. The molecule has 1 aromatic heterocycles. The van der Waals surface area contributed by atoms with Gasteiger partial charge in [0.2, 0.25) is 17.6 Å². The molecule has 0 spiro atoms. The van der Waals surface area contributed by atoms with E-state index in [1.165, 1.54) is 6.92 Å². The van der Waals surface area contributed by atoms with E-state index >= 15 is 0 Å². The SMILES string of the molecule is C[C@@H](C(=O)OCc1nc(-c2cccc(Cl)c2)no1)N1C(=O)[C@H]2CC=CC[C@@H]2C1=O. The van der Waals surface area contributed by atoms with Crippen molar-refractivity contribution in [1.82, 2.24) is 15.0 Å². The van der Waals surface area contributed by atoms with Crippen molar-refractivity contribution < 1.29 is 23.6 Å². The van der Waals surface area contributed by atoms with Gasteiger partial charge in [-0.25, -0.2) is 4.79 Å². The monoisotopic (exact) mass is 415 g/mol. The first-order valence-electron chi connectivity index (χ1n) is 9.23.